The molecule has 1 unspecified atom stereocenters. The number of hydrogen-bond acceptors (Lipinski definition) is 0. The topological polar surface area (TPSA) is 0 Å². The Morgan fingerprint density at radius 2 is 2.11 bits per heavy atom. The van der Waals surface area contributed by atoms with Gasteiger partial charge in [0.15, 0.2) is 5.83 Å². The Morgan fingerprint density at radius 3 is 2.72 bits per heavy atom. The number of benzene rings is 1. The van der Waals surface area contributed by atoms with Crippen LogP contribution in [0.2, 0.25) is 0 Å². The highest BCUT2D eigenvalue weighted by Gasteiger charge is 2.28. The predicted octanol–water partition coefficient (Wildman–Crippen LogP) is 4.91. The van der Waals surface area contributed by atoms with Crippen LogP contribution in [0.3, 0.4) is 0 Å². The van der Waals surface area contributed by atoms with Crippen LogP contribution in [-0.2, 0) is 12.8 Å². The van der Waals surface area contributed by atoms with E-state index in [1.165, 1.54) is 5.56 Å². The molecule has 0 saturated heterocycles. The molecule has 1 aliphatic rings. The van der Waals surface area contributed by atoms with Crippen molar-refractivity contribution in [1.82, 2.24) is 0 Å². The van der Waals surface area contributed by atoms with Crippen LogP contribution in [0.5, 0.6) is 0 Å². The zero-order valence-electron chi connectivity index (χ0n) is 10.2. The normalized spacial score (nSPS) is 17.4. The molecule has 0 N–H and O–H groups in total. The molecule has 0 fully saturated rings. The molecule has 0 spiro atoms. The van der Waals surface area contributed by atoms with Gasteiger partial charge in [0.05, 0.1) is 0 Å². The summed E-state index contributed by atoms with van der Waals surface area (Å²) in [4.78, 5) is 0. The Hall–Kier alpha value is -1.51. The van der Waals surface area contributed by atoms with Gasteiger partial charge in [0.25, 0.3) is 0 Å². The second-order valence-corrected chi connectivity index (χ2v) is 4.58. The smallest absolute Gasteiger partial charge is 0.206 e. The van der Waals surface area contributed by atoms with E-state index in [1.807, 2.05) is 25.1 Å². The van der Waals surface area contributed by atoms with Gasteiger partial charge >= 0.3 is 6.08 Å². The van der Waals surface area contributed by atoms with E-state index in [9.17, 15) is 13.2 Å². The second-order valence-electron chi connectivity index (χ2n) is 4.58. The largest absolute Gasteiger partial charge is 0.301 e. The first-order chi connectivity index (χ1) is 8.61. The Balaban J connectivity index is 2.06. The minimum Gasteiger partial charge on any atom is -0.206 e. The van der Waals surface area contributed by atoms with Gasteiger partial charge in [-0.15, -0.1) is 0 Å². The highest BCUT2D eigenvalue weighted by molar-refractivity contribution is 5.43. The van der Waals surface area contributed by atoms with E-state index in [0.29, 0.717) is 6.42 Å². The number of allylic oxidation sites excluding steroid dienone is 3. The van der Waals surface area contributed by atoms with E-state index >= 15 is 0 Å². The van der Waals surface area contributed by atoms with Crippen LogP contribution in [0.4, 0.5) is 13.2 Å². The van der Waals surface area contributed by atoms with Crippen molar-refractivity contribution >= 4 is 0 Å². The van der Waals surface area contributed by atoms with Crippen molar-refractivity contribution in [2.24, 2.45) is 0 Å². The molecule has 1 aliphatic carbocycles. The zero-order valence-corrected chi connectivity index (χ0v) is 10.2. The number of fused-ring (bicyclic) bond motifs is 1. The summed E-state index contributed by atoms with van der Waals surface area (Å²) in [7, 11) is 0. The Bertz CT molecular complexity index is 496. The first-order valence-corrected chi connectivity index (χ1v) is 6.04. The van der Waals surface area contributed by atoms with Gasteiger partial charge < -0.3 is 0 Å². The highest BCUT2D eigenvalue weighted by Crippen LogP contribution is 2.40. The fraction of sp³-hybridized carbons (Fsp3) is 0.333. The van der Waals surface area contributed by atoms with E-state index in [2.05, 4.69) is 12.1 Å². The van der Waals surface area contributed by atoms with Crippen molar-refractivity contribution in [3.8, 4) is 0 Å². The fourth-order valence-electron chi connectivity index (χ4n) is 2.33. The molecule has 0 amide bonds. The summed E-state index contributed by atoms with van der Waals surface area (Å²) in [5, 5.41) is 0. The minimum atomic E-state index is -2.19. The minimum absolute atomic E-state index is 0.0859. The monoisotopic (exact) mass is 252 g/mol. The van der Waals surface area contributed by atoms with Gasteiger partial charge in [-0.3, -0.25) is 0 Å². The molecule has 3 heteroatoms. The first-order valence-electron chi connectivity index (χ1n) is 6.04. The molecule has 0 nitrogen and oxygen atoms in total. The maximum Gasteiger partial charge on any atom is 0.301 e. The van der Waals surface area contributed by atoms with Gasteiger partial charge in [0, 0.05) is 6.42 Å². The third-order valence-electron chi connectivity index (χ3n) is 3.33. The first kappa shape index (κ1) is 12.9. The van der Waals surface area contributed by atoms with Gasteiger partial charge in [-0.25, -0.2) is 4.39 Å². The third-order valence-corrected chi connectivity index (χ3v) is 3.33. The lowest BCUT2D eigenvalue weighted by Crippen LogP contribution is -2.17. The average molecular weight is 252 g/mol. The molecular weight excluding hydrogens is 237 g/mol. The van der Waals surface area contributed by atoms with Crippen LogP contribution < -0.4 is 0 Å². The molecule has 96 valence electrons. The standard InChI is InChI=1S/C15H15F3/c1-2-3-4-10-5-6-13-11(7-10)8-12(13)9-14(16)15(17)18/h2-3,5-7,12H,4,8-9H2,1H3. The van der Waals surface area contributed by atoms with Gasteiger partial charge in [-0.05, 0) is 42.4 Å². The van der Waals surface area contributed by atoms with Crippen molar-refractivity contribution in [3.05, 3.63) is 58.9 Å². The molecule has 0 radical (unpaired) electrons. The average Bonchev–Trinajstić information content (AvgIpc) is 2.33. The van der Waals surface area contributed by atoms with E-state index in [4.69, 9.17) is 0 Å². The van der Waals surface area contributed by atoms with E-state index in [0.717, 1.165) is 17.5 Å². The summed E-state index contributed by atoms with van der Waals surface area (Å²) in [6.07, 6.45) is 3.27. The summed E-state index contributed by atoms with van der Waals surface area (Å²) < 4.78 is 36.9. The van der Waals surface area contributed by atoms with Crippen LogP contribution in [0, 0.1) is 0 Å². The summed E-state index contributed by atoms with van der Waals surface area (Å²) in [6.45, 7) is 1.97. The number of halogens is 3. The Kier molecular flexibility index (Phi) is 3.90. The summed E-state index contributed by atoms with van der Waals surface area (Å²) in [5.41, 5.74) is 3.38. The van der Waals surface area contributed by atoms with Crippen LogP contribution in [0.1, 0.15) is 36.0 Å². The predicted molar refractivity (Wildman–Crippen MR) is 66.4 cm³/mol. The molecule has 0 heterocycles. The van der Waals surface area contributed by atoms with E-state index in [-0.39, 0.29) is 12.3 Å². The molecule has 18 heavy (non-hydrogen) atoms. The van der Waals surface area contributed by atoms with Gasteiger partial charge in [0.2, 0.25) is 0 Å². The summed E-state index contributed by atoms with van der Waals surface area (Å²) in [6, 6.07) is 6.00. The number of hydrogen-bond donors (Lipinski definition) is 0. The summed E-state index contributed by atoms with van der Waals surface area (Å²) >= 11 is 0. The van der Waals surface area contributed by atoms with Crippen LogP contribution in [-0.4, -0.2) is 0 Å². The second kappa shape index (κ2) is 5.42. The quantitative estimate of drug-likeness (QED) is 0.668. The van der Waals surface area contributed by atoms with Crippen molar-refractivity contribution in [2.45, 2.75) is 32.1 Å². The molecule has 0 aromatic heterocycles. The van der Waals surface area contributed by atoms with Crippen molar-refractivity contribution in [2.75, 3.05) is 0 Å². The summed E-state index contributed by atoms with van der Waals surface area (Å²) in [5.74, 6) is -1.36. The lowest BCUT2D eigenvalue weighted by Gasteiger charge is -2.30. The maximum absolute atomic E-state index is 12.9. The van der Waals surface area contributed by atoms with Crippen LogP contribution in [0.15, 0.2) is 42.3 Å². The maximum atomic E-state index is 12.9. The molecule has 0 saturated carbocycles. The highest BCUT2D eigenvalue weighted by atomic mass is 19.3. The molecule has 0 bridgehead atoms. The molecule has 2 rings (SSSR count). The molecule has 1 aromatic rings. The SMILES string of the molecule is CC=CCc1ccc2c(c1)CC2CC(F)=C(F)F. The van der Waals surface area contributed by atoms with Crippen molar-refractivity contribution in [3.63, 3.8) is 0 Å². The van der Waals surface area contributed by atoms with Gasteiger partial charge in [-0.2, -0.15) is 8.78 Å². The van der Waals surface area contributed by atoms with Gasteiger partial charge in [-0.1, -0.05) is 30.4 Å². The molecule has 1 atom stereocenters. The lowest BCUT2D eigenvalue weighted by atomic mass is 9.75. The van der Waals surface area contributed by atoms with Crippen LogP contribution >= 0.6 is 0 Å². The molecular formula is C15H15F3. The van der Waals surface area contributed by atoms with Gasteiger partial charge in [0.1, 0.15) is 0 Å². The van der Waals surface area contributed by atoms with E-state index < -0.39 is 11.9 Å². The third kappa shape index (κ3) is 2.66. The Morgan fingerprint density at radius 1 is 1.33 bits per heavy atom. The fourth-order valence-corrected chi connectivity index (χ4v) is 2.33. The van der Waals surface area contributed by atoms with Crippen LogP contribution in [0.25, 0.3) is 0 Å². The van der Waals surface area contributed by atoms with E-state index in [1.54, 1.807) is 0 Å². The molecule has 1 aromatic carbocycles. The lowest BCUT2D eigenvalue weighted by molar-refractivity contribution is 0.360. The van der Waals surface area contributed by atoms with Crippen molar-refractivity contribution in [1.29, 1.82) is 0 Å². The van der Waals surface area contributed by atoms with Crippen molar-refractivity contribution < 1.29 is 13.2 Å². The zero-order chi connectivity index (χ0) is 13.1. The Labute approximate surface area is 105 Å². The number of rotatable bonds is 4. The molecule has 0 aliphatic heterocycles.